The zero-order valence-corrected chi connectivity index (χ0v) is 11.4. The number of halogens is 2. The topological polar surface area (TPSA) is 78.1 Å². The first kappa shape index (κ1) is 14.6. The third-order valence-corrected chi connectivity index (χ3v) is 3.72. The highest BCUT2D eigenvalue weighted by Gasteiger charge is 2.38. The van der Waals surface area contributed by atoms with E-state index >= 15 is 0 Å². The number of aromatic nitrogens is 2. The van der Waals surface area contributed by atoms with E-state index in [2.05, 4.69) is 10.2 Å². The Labute approximate surface area is 115 Å². The maximum Gasteiger partial charge on any atom is 0.251 e. The van der Waals surface area contributed by atoms with Crippen LogP contribution in [0.5, 0.6) is 5.88 Å². The number of nitrogens with zero attached hydrogens (tertiary/aromatic N) is 2. The summed E-state index contributed by atoms with van der Waals surface area (Å²) in [5.74, 6) is -3.28. The number of primary amides is 1. The summed E-state index contributed by atoms with van der Waals surface area (Å²) in [4.78, 5) is 11.6. The van der Waals surface area contributed by atoms with Gasteiger partial charge in [0.05, 0.1) is 18.4 Å². The standard InChI is InChI=1S/C13H17F2N3O2/c1-7-9(11(16)19)10(12(20-2)18-17-7)8-3-5-13(14,15)6-4-8/h8H,3-6H2,1-2H3,(H2,16,19). The van der Waals surface area contributed by atoms with Gasteiger partial charge in [0.2, 0.25) is 11.8 Å². The van der Waals surface area contributed by atoms with E-state index < -0.39 is 11.8 Å². The highest BCUT2D eigenvalue weighted by Crippen LogP contribution is 2.44. The summed E-state index contributed by atoms with van der Waals surface area (Å²) in [5.41, 5.74) is 6.54. The van der Waals surface area contributed by atoms with E-state index in [9.17, 15) is 13.6 Å². The zero-order chi connectivity index (χ0) is 14.9. The van der Waals surface area contributed by atoms with E-state index in [0.29, 0.717) is 11.3 Å². The Morgan fingerprint density at radius 1 is 1.35 bits per heavy atom. The second-order valence-electron chi connectivity index (χ2n) is 5.08. The van der Waals surface area contributed by atoms with Crippen LogP contribution in [0.4, 0.5) is 8.78 Å². The molecule has 2 rings (SSSR count). The molecule has 1 heterocycles. The normalized spacial score (nSPS) is 18.8. The smallest absolute Gasteiger partial charge is 0.251 e. The molecule has 0 bridgehead atoms. The van der Waals surface area contributed by atoms with Gasteiger partial charge < -0.3 is 10.5 Å². The summed E-state index contributed by atoms with van der Waals surface area (Å²) < 4.78 is 31.7. The zero-order valence-electron chi connectivity index (χ0n) is 11.4. The minimum Gasteiger partial charge on any atom is -0.480 e. The Morgan fingerprint density at radius 3 is 2.45 bits per heavy atom. The second-order valence-corrected chi connectivity index (χ2v) is 5.08. The lowest BCUT2D eigenvalue weighted by molar-refractivity contribution is -0.0384. The van der Waals surface area contributed by atoms with Gasteiger partial charge in [-0.25, -0.2) is 8.78 Å². The third kappa shape index (κ3) is 2.71. The van der Waals surface area contributed by atoms with Gasteiger partial charge >= 0.3 is 0 Å². The van der Waals surface area contributed by atoms with Crippen molar-refractivity contribution in [3.8, 4) is 5.88 Å². The number of ether oxygens (including phenoxy) is 1. The van der Waals surface area contributed by atoms with Crippen molar-refractivity contribution < 1.29 is 18.3 Å². The SMILES string of the molecule is COc1nnc(C)c(C(N)=O)c1C1CCC(F)(F)CC1. The van der Waals surface area contributed by atoms with Crippen molar-refractivity contribution in [1.82, 2.24) is 10.2 Å². The number of nitrogens with two attached hydrogens (primary N) is 1. The van der Waals surface area contributed by atoms with Gasteiger partial charge in [-0.3, -0.25) is 4.79 Å². The summed E-state index contributed by atoms with van der Waals surface area (Å²) >= 11 is 0. The van der Waals surface area contributed by atoms with Crippen LogP contribution in [0, 0.1) is 6.92 Å². The molecule has 1 aromatic rings. The van der Waals surface area contributed by atoms with Crippen molar-refractivity contribution in [3.63, 3.8) is 0 Å². The largest absolute Gasteiger partial charge is 0.480 e. The molecule has 0 spiro atoms. The van der Waals surface area contributed by atoms with Gasteiger partial charge in [0, 0.05) is 18.4 Å². The molecule has 110 valence electrons. The van der Waals surface area contributed by atoms with Gasteiger partial charge in [0.15, 0.2) is 0 Å². The third-order valence-electron chi connectivity index (χ3n) is 3.72. The van der Waals surface area contributed by atoms with Crippen molar-refractivity contribution >= 4 is 5.91 Å². The number of amides is 1. The molecule has 0 aliphatic heterocycles. The Bertz CT molecular complexity index is 525. The highest BCUT2D eigenvalue weighted by atomic mass is 19.3. The van der Waals surface area contributed by atoms with Gasteiger partial charge in [-0.15, -0.1) is 5.10 Å². The average molecular weight is 285 g/mol. The number of aryl methyl sites for hydroxylation is 1. The summed E-state index contributed by atoms with van der Waals surface area (Å²) in [7, 11) is 1.41. The Morgan fingerprint density at radius 2 is 1.95 bits per heavy atom. The van der Waals surface area contributed by atoms with Gasteiger partial charge in [-0.1, -0.05) is 0 Å². The molecule has 0 atom stereocenters. The molecule has 0 radical (unpaired) electrons. The lowest BCUT2D eigenvalue weighted by atomic mass is 9.80. The van der Waals surface area contributed by atoms with E-state index in [4.69, 9.17) is 10.5 Å². The lowest BCUT2D eigenvalue weighted by Crippen LogP contribution is -2.26. The van der Waals surface area contributed by atoms with Crippen LogP contribution in [-0.4, -0.2) is 29.1 Å². The molecule has 0 unspecified atom stereocenters. The van der Waals surface area contributed by atoms with E-state index in [1.165, 1.54) is 7.11 Å². The van der Waals surface area contributed by atoms with Crippen LogP contribution in [0.1, 0.15) is 53.2 Å². The number of rotatable bonds is 3. The summed E-state index contributed by atoms with van der Waals surface area (Å²) in [5, 5.41) is 7.72. The molecule has 1 aliphatic rings. The molecule has 1 fully saturated rings. The highest BCUT2D eigenvalue weighted by molar-refractivity contribution is 5.96. The van der Waals surface area contributed by atoms with Gasteiger partial charge in [0.25, 0.3) is 5.91 Å². The number of hydrogen-bond donors (Lipinski definition) is 1. The molecule has 1 saturated carbocycles. The van der Waals surface area contributed by atoms with E-state index in [0.717, 1.165) is 0 Å². The van der Waals surface area contributed by atoms with Crippen molar-refractivity contribution in [3.05, 3.63) is 16.8 Å². The number of methoxy groups -OCH3 is 1. The number of carbonyl (C=O) groups is 1. The number of alkyl halides is 2. The van der Waals surface area contributed by atoms with Crippen LogP contribution in [-0.2, 0) is 0 Å². The monoisotopic (exact) mass is 285 g/mol. The fraction of sp³-hybridized carbons (Fsp3) is 0.615. The Hall–Kier alpha value is -1.79. The van der Waals surface area contributed by atoms with Crippen molar-refractivity contribution in [2.45, 2.75) is 44.4 Å². The fourth-order valence-corrected chi connectivity index (χ4v) is 2.70. The minimum atomic E-state index is -2.63. The maximum absolute atomic E-state index is 13.3. The first-order valence-electron chi connectivity index (χ1n) is 6.44. The van der Waals surface area contributed by atoms with Crippen LogP contribution in [0.3, 0.4) is 0 Å². The molecule has 7 heteroatoms. The van der Waals surface area contributed by atoms with Crippen molar-refractivity contribution in [1.29, 1.82) is 0 Å². The van der Waals surface area contributed by atoms with Crippen LogP contribution in [0.2, 0.25) is 0 Å². The molecular weight excluding hydrogens is 268 g/mol. The second kappa shape index (κ2) is 5.30. The fourth-order valence-electron chi connectivity index (χ4n) is 2.70. The molecule has 1 aliphatic carbocycles. The molecule has 0 aromatic carbocycles. The van der Waals surface area contributed by atoms with Crippen LogP contribution in [0.25, 0.3) is 0 Å². The van der Waals surface area contributed by atoms with Gasteiger partial charge in [-0.05, 0) is 25.7 Å². The van der Waals surface area contributed by atoms with E-state index in [-0.39, 0.29) is 43.0 Å². The summed E-state index contributed by atoms with van der Waals surface area (Å²) in [6.45, 7) is 1.62. The Balaban J connectivity index is 2.44. The van der Waals surface area contributed by atoms with Crippen LogP contribution >= 0.6 is 0 Å². The van der Waals surface area contributed by atoms with Gasteiger partial charge in [0.1, 0.15) is 0 Å². The Kier molecular flexibility index (Phi) is 3.87. The molecule has 20 heavy (non-hydrogen) atoms. The minimum absolute atomic E-state index is 0.194. The van der Waals surface area contributed by atoms with Gasteiger partial charge in [-0.2, -0.15) is 5.10 Å². The molecular formula is C13H17F2N3O2. The molecule has 2 N–H and O–H groups in total. The van der Waals surface area contributed by atoms with Crippen molar-refractivity contribution in [2.24, 2.45) is 5.73 Å². The van der Waals surface area contributed by atoms with E-state index in [1.54, 1.807) is 6.92 Å². The number of hydrogen-bond acceptors (Lipinski definition) is 4. The lowest BCUT2D eigenvalue weighted by Gasteiger charge is -2.29. The molecule has 1 aromatic heterocycles. The first-order chi connectivity index (χ1) is 9.35. The summed E-state index contributed by atoms with van der Waals surface area (Å²) in [6.07, 6.45) is 0.129. The summed E-state index contributed by atoms with van der Waals surface area (Å²) in [6, 6.07) is 0. The first-order valence-corrected chi connectivity index (χ1v) is 6.44. The predicted octanol–water partition coefficient (Wildman–Crippen LogP) is 2.19. The molecule has 1 amide bonds. The van der Waals surface area contributed by atoms with E-state index in [1.807, 2.05) is 0 Å². The van der Waals surface area contributed by atoms with Crippen LogP contribution < -0.4 is 10.5 Å². The molecule has 5 nitrogen and oxygen atoms in total. The van der Waals surface area contributed by atoms with Crippen LogP contribution in [0.15, 0.2) is 0 Å². The quantitative estimate of drug-likeness (QED) is 0.923. The molecule has 0 saturated heterocycles. The number of carbonyl (C=O) groups excluding carboxylic acids is 1. The predicted molar refractivity (Wildman–Crippen MR) is 68.0 cm³/mol. The maximum atomic E-state index is 13.3. The van der Waals surface area contributed by atoms with Crippen molar-refractivity contribution in [2.75, 3.05) is 7.11 Å². The average Bonchev–Trinajstić information content (AvgIpc) is 2.38.